The van der Waals surface area contributed by atoms with Gasteiger partial charge in [0.1, 0.15) is 5.82 Å². The van der Waals surface area contributed by atoms with Gasteiger partial charge in [-0.05, 0) is 13.0 Å². The number of imidazole rings is 1. The highest BCUT2D eigenvalue weighted by molar-refractivity contribution is 4.92. The zero-order chi connectivity index (χ0) is 12.1. The van der Waals surface area contributed by atoms with Crippen molar-refractivity contribution in [2.24, 2.45) is 12.8 Å². The highest BCUT2D eigenvalue weighted by Gasteiger charge is 2.19. The molecule has 1 aliphatic heterocycles. The van der Waals surface area contributed by atoms with Crippen molar-refractivity contribution in [3.63, 3.8) is 0 Å². The number of ether oxygens (including phenoxy) is 1. The maximum absolute atomic E-state index is 5.67. The Hall–Kier alpha value is -0.910. The van der Waals surface area contributed by atoms with Crippen molar-refractivity contribution in [1.82, 2.24) is 14.5 Å². The molecular formula is C12H22N4O. The lowest BCUT2D eigenvalue weighted by Gasteiger charge is -2.32. The number of hydrogen-bond donors (Lipinski definition) is 1. The molecule has 0 spiro atoms. The third-order valence-electron chi connectivity index (χ3n) is 3.28. The summed E-state index contributed by atoms with van der Waals surface area (Å²) < 4.78 is 7.75. The van der Waals surface area contributed by atoms with Crippen molar-refractivity contribution in [3.05, 3.63) is 18.2 Å². The fraction of sp³-hybridized carbons (Fsp3) is 0.750. The van der Waals surface area contributed by atoms with Crippen LogP contribution in [0.2, 0.25) is 0 Å². The van der Waals surface area contributed by atoms with Crippen LogP contribution in [-0.2, 0) is 18.2 Å². The normalized spacial score (nSPS) is 21.9. The van der Waals surface area contributed by atoms with Crippen molar-refractivity contribution in [2.75, 3.05) is 32.8 Å². The van der Waals surface area contributed by atoms with Gasteiger partial charge >= 0.3 is 0 Å². The number of hydrogen-bond acceptors (Lipinski definition) is 4. The summed E-state index contributed by atoms with van der Waals surface area (Å²) in [5, 5.41) is 0. The van der Waals surface area contributed by atoms with Gasteiger partial charge in [-0.15, -0.1) is 0 Å². The molecule has 5 nitrogen and oxygen atoms in total. The van der Waals surface area contributed by atoms with Crippen LogP contribution in [0.4, 0.5) is 0 Å². The van der Waals surface area contributed by atoms with E-state index >= 15 is 0 Å². The minimum absolute atomic E-state index is 0.315. The molecule has 0 bridgehead atoms. The second-order valence-corrected chi connectivity index (χ2v) is 4.58. The molecule has 2 rings (SSSR count). The van der Waals surface area contributed by atoms with E-state index in [4.69, 9.17) is 10.5 Å². The van der Waals surface area contributed by atoms with E-state index in [2.05, 4.69) is 14.5 Å². The number of nitrogens with two attached hydrogens (primary N) is 1. The zero-order valence-corrected chi connectivity index (χ0v) is 10.5. The zero-order valence-electron chi connectivity index (χ0n) is 10.5. The molecule has 96 valence electrons. The molecule has 5 heteroatoms. The molecular weight excluding hydrogens is 216 g/mol. The van der Waals surface area contributed by atoms with E-state index in [0.717, 1.165) is 44.9 Å². The first-order chi connectivity index (χ1) is 8.29. The predicted octanol–water partition coefficient (Wildman–Crippen LogP) is 0.0122. The summed E-state index contributed by atoms with van der Waals surface area (Å²) in [5.41, 5.74) is 5.56. The molecule has 1 atom stereocenters. The molecule has 1 saturated heterocycles. The van der Waals surface area contributed by atoms with Crippen molar-refractivity contribution < 1.29 is 4.74 Å². The maximum atomic E-state index is 5.67. The molecule has 17 heavy (non-hydrogen) atoms. The van der Waals surface area contributed by atoms with Crippen molar-refractivity contribution in [2.45, 2.75) is 18.9 Å². The van der Waals surface area contributed by atoms with E-state index in [0.29, 0.717) is 12.6 Å². The molecule has 1 aromatic heterocycles. The van der Waals surface area contributed by atoms with Crippen LogP contribution in [0.5, 0.6) is 0 Å². The number of aryl methyl sites for hydroxylation is 1. The molecule has 1 fully saturated rings. The first-order valence-electron chi connectivity index (χ1n) is 6.30. The van der Waals surface area contributed by atoms with Gasteiger partial charge in [0.15, 0.2) is 0 Å². The van der Waals surface area contributed by atoms with Crippen LogP contribution in [-0.4, -0.2) is 53.3 Å². The molecule has 0 amide bonds. The lowest BCUT2D eigenvalue weighted by atomic mass is 10.2. The number of morpholine rings is 1. The Morgan fingerprint density at radius 2 is 2.47 bits per heavy atom. The summed E-state index contributed by atoms with van der Waals surface area (Å²) in [4.78, 5) is 6.78. The van der Waals surface area contributed by atoms with E-state index in [1.54, 1.807) is 0 Å². The number of aromatic nitrogens is 2. The van der Waals surface area contributed by atoms with E-state index < -0.39 is 0 Å². The smallest absolute Gasteiger partial charge is 0.109 e. The average molecular weight is 238 g/mol. The van der Waals surface area contributed by atoms with Crippen molar-refractivity contribution in [1.29, 1.82) is 0 Å². The summed E-state index contributed by atoms with van der Waals surface area (Å²) in [6.07, 6.45) is 6.12. The van der Waals surface area contributed by atoms with Gasteiger partial charge in [0.25, 0.3) is 0 Å². The van der Waals surface area contributed by atoms with E-state index in [1.165, 1.54) is 0 Å². The Labute approximate surface area is 103 Å². The summed E-state index contributed by atoms with van der Waals surface area (Å²) in [7, 11) is 2.04. The summed E-state index contributed by atoms with van der Waals surface area (Å²) in [6, 6.07) is 0. The SMILES string of the molecule is Cn1ccnc1CCN1CCOC(CCN)C1. The Kier molecular flexibility index (Phi) is 4.53. The minimum atomic E-state index is 0.315. The van der Waals surface area contributed by atoms with Gasteiger partial charge in [-0.3, -0.25) is 4.90 Å². The van der Waals surface area contributed by atoms with Crippen LogP contribution >= 0.6 is 0 Å². The van der Waals surface area contributed by atoms with Crippen LogP contribution in [0.15, 0.2) is 12.4 Å². The van der Waals surface area contributed by atoms with Gasteiger partial charge in [0.2, 0.25) is 0 Å². The molecule has 1 aromatic rings. The lowest BCUT2D eigenvalue weighted by molar-refractivity contribution is -0.0304. The standard InChI is InChI=1S/C12H22N4O/c1-15-7-5-14-12(15)3-6-16-8-9-17-11(10-16)2-4-13/h5,7,11H,2-4,6,8-10,13H2,1H3. The Bertz CT molecular complexity index is 337. The fourth-order valence-electron chi connectivity index (χ4n) is 2.24. The third-order valence-corrected chi connectivity index (χ3v) is 3.28. The number of rotatable bonds is 5. The first kappa shape index (κ1) is 12.5. The Morgan fingerprint density at radius 3 is 3.18 bits per heavy atom. The summed E-state index contributed by atoms with van der Waals surface area (Å²) in [6.45, 7) is 4.60. The molecule has 1 unspecified atom stereocenters. The largest absolute Gasteiger partial charge is 0.376 e. The average Bonchev–Trinajstić information content (AvgIpc) is 2.73. The Balaban J connectivity index is 1.77. The van der Waals surface area contributed by atoms with Crippen LogP contribution in [0, 0.1) is 0 Å². The predicted molar refractivity (Wildman–Crippen MR) is 66.8 cm³/mol. The monoisotopic (exact) mass is 238 g/mol. The fourth-order valence-corrected chi connectivity index (χ4v) is 2.24. The van der Waals surface area contributed by atoms with Crippen LogP contribution in [0.3, 0.4) is 0 Å². The third kappa shape index (κ3) is 3.52. The van der Waals surface area contributed by atoms with Gasteiger partial charge in [-0.2, -0.15) is 0 Å². The van der Waals surface area contributed by atoms with Gasteiger partial charge in [-0.1, -0.05) is 0 Å². The molecule has 0 aromatic carbocycles. The molecule has 1 aliphatic rings. The second-order valence-electron chi connectivity index (χ2n) is 4.58. The quantitative estimate of drug-likeness (QED) is 0.785. The molecule has 0 aliphatic carbocycles. The topological polar surface area (TPSA) is 56.3 Å². The molecule has 0 saturated carbocycles. The molecule has 2 N–H and O–H groups in total. The van der Waals surface area contributed by atoms with Gasteiger partial charge in [0.05, 0.1) is 12.7 Å². The maximum Gasteiger partial charge on any atom is 0.109 e. The van der Waals surface area contributed by atoms with E-state index in [9.17, 15) is 0 Å². The van der Waals surface area contributed by atoms with Gasteiger partial charge in [0, 0.05) is 45.5 Å². The summed E-state index contributed by atoms with van der Waals surface area (Å²) >= 11 is 0. The van der Waals surface area contributed by atoms with E-state index in [-0.39, 0.29) is 0 Å². The van der Waals surface area contributed by atoms with E-state index in [1.807, 2.05) is 19.4 Å². The molecule has 2 heterocycles. The molecule has 0 radical (unpaired) electrons. The van der Waals surface area contributed by atoms with Crippen LogP contribution < -0.4 is 5.73 Å². The van der Waals surface area contributed by atoms with Gasteiger partial charge in [-0.25, -0.2) is 4.98 Å². The minimum Gasteiger partial charge on any atom is -0.376 e. The summed E-state index contributed by atoms with van der Waals surface area (Å²) in [5.74, 6) is 1.15. The van der Waals surface area contributed by atoms with Gasteiger partial charge < -0.3 is 15.0 Å². The first-order valence-corrected chi connectivity index (χ1v) is 6.30. The lowest BCUT2D eigenvalue weighted by Crippen LogP contribution is -2.44. The van der Waals surface area contributed by atoms with Crippen LogP contribution in [0.25, 0.3) is 0 Å². The second kappa shape index (κ2) is 6.14. The Morgan fingerprint density at radius 1 is 1.59 bits per heavy atom. The highest BCUT2D eigenvalue weighted by Crippen LogP contribution is 2.08. The number of nitrogens with zero attached hydrogens (tertiary/aromatic N) is 3. The van der Waals surface area contributed by atoms with Crippen molar-refractivity contribution in [3.8, 4) is 0 Å². The van der Waals surface area contributed by atoms with Crippen molar-refractivity contribution >= 4 is 0 Å². The highest BCUT2D eigenvalue weighted by atomic mass is 16.5. The van der Waals surface area contributed by atoms with Crippen LogP contribution in [0.1, 0.15) is 12.2 Å².